The van der Waals surface area contributed by atoms with Crippen LogP contribution in [-0.4, -0.2) is 18.7 Å². The van der Waals surface area contributed by atoms with Crippen LogP contribution in [0, 0.1) is 19.7 Å². The molecule has 0 bridgehead atoms. The summed E-state index contributed by atoms with van der Waals surface area (Å²) < 4.78 is 18.8. The van der Waals surface area contributed by atoms with Gasteiger partial charge in [0.25, 0.3) is 5.91 Å². The van der Waals surface area contributed by atoms with Crippen LogP contribution in [0.2, 0.25) is 0 Å². The summed E-state index contributed by atoms with van der Waals surface area (Å²) in [6.45, 7) is 3.67. The average Bonchev–Trinajstić information content (AvgIpc) is 2.49. The number of amides is 1. The highest BCUT2D eigenvalue weighted by Gasteiger charge is 2.06. The highest BCUT2D eigenvalue weighted by atomic mass is 19.1. The molecule has 5 heteroatoms. The van der Waals surface area contributed by atoms with Gasteiger partial charge in [0.1, 0.15) is 11.6 Å². The Morgan fingerprint density at radius 3 is 2.55 bits per heavy atom. The lowest BCUT2D eigenvalue weighted by Gasteiger charge is -2.10. The van der Waals surface area contributed by atoms with Crippen LogP contribution in [0.1, 0.15) is 16.7 Å². The molecule has 2 rings (SSSR count). The standard InChI is InChI=1S/C17H17FN2O2/c1-12-6-5-7-13(2)17(12)22-11-16(21)20-19-10-14-8-3-4-9-15(14)18/h3-10H,11H2,1-2H3,(H,20,21)/b19-10-. The predicted octanol–water partition coefficient (Wildman–Crippen LogP) is 2.97. The van der Waals surface area contributed by atoms with Crippen LogP contribution in [0.25, 0.3) is 0 Å². The minimum atomic E-state index is -0.407. The summed E-state index contributed by atoms with van der Waals surface area (Å²) in [4.78, 5) is 11.7. The van der Waals surface area contributed by atoms with E-state index in [1.807, 2.05) is 32.0 Å². The maximum absolute atomic E-state index is 13.3. The summed E-state index contributed by atoms with van der Waals surface area (Å²) >= 11 is 0. The molecule has 0 radical (unpaired) electrons. The molecule has 114 valence electrons. The highest BCUT2D eigenvalue weighted by Crippen LogP contribution is 2.21. The number of aryl methyl sites for hydroxylation is 2. The number of carbonyl (C=O) groups excluding carboxylic acids is 1. The fourth-order valence-electron chi connectivity index (χ4n) is 1.95. The Balaban J connectivity index is 1.88. The van der Waals surface area contributed by atoms with E-state index in [0.29, 0.717) is 11.3 Å². The molecule has 0 spiro atoms. The third kappa shape index (κ3) is 4.15. The Kier molecular flexibility index (Phi) is 5.25. The molecule has 1 amide bonds. The van der Waals surface area contributed by atoms with Crippen molar-refractivity contribution < 1.29 is 13.9 Å². The van der Waals surface area contributed by atoms with E-state index in [0.717, 1.165) is 11.1 Å². The van der Waals surface area contributed by atoms with E-state index >= 15 is 0 Å². The summed E-state index contributed by atoms with van der Waals surface area (Å²) in [5, 5.41) is 3.71. The molecule has 0 unspecified atom stereocenters. The van der Waals surface area contributed by atoms with Crippen molar-refractivity contribution in [2.45, 2.75) is 13.8 Å². The molecular formula is C17H17FN2O2. The first-order valence-electron chi connectivity index (χ1n) is 6.83. The van der Waals surface area contributed by atoms with Crippen LogP contribution in [0.4, 0.5) is 4.39 Å². The molecule has 0 aliphatic carbocycles. The van der Waals surface area contributed by atoms with Crippen molar-refractivity contribution in [3.8, 4) is 5.75 Å². The zero-order valence-corrected chi connectivity index (χ0v) is 12.5. The molecule has 0 saturated heterocycles. The molecule has 22 heavy (non-hydrogen) atoms. The molecule has 2 aromatic carbocycles. The van der Waals surface area contributed by atoms with Gasteiger partial charge in [-0.25, -0.2) is 9.82 Å². The lowest BCUT2D eigenvalue weighted by atomic mass is 10.1. The number of hydrogen-bond acceptors (Lipinski definition) is 3. The van der Waals surface area contributed by atoms with Gasteiger partial charge in [-0.1, -0.05) is 36.4 Å². The Hall–Kier alpha value is -2.69. The lowest BCUT2D eigenvalue weighted by Crippen LogP contribution is -2.25. The average molecular weight is 300 g/mol. The van der Waals surface area contributed by atoms with Gasteiger partial charge in [0.2, 0.25) is 0 Å². The maximum atomic E-state index is 13.3. The zero-order valence-electron chi connectivity index (χ0n) is 12.5. The number of carbonyl (C=O) groups is 1. The van der Waals surface area contributed by atoms with Crippen LogP contribution < -0.4 is 10.2 Å². The first kappa shape index (κ1) is 15.7. The Labute approximate surface area is 128 Å². The Morgan fingerprint density at radius 2 is 1.86 bits per heavy atom. The van der Waals surface area contributed by atoms with E-state index in [9.17, 15) is 9.18 Å². The molecule has 0 aliphatic heterocycles. The van der Waals surface area contributed by atoms with E-state index in [1.165, 1.54) is 12.3 Å². The number of benzene rings is 2. The van der Waals surface area contributed by atoms with E-state index in [4.69, 9.17) is 4.74 Å². The maximum Gasteiger partial charge on any atom is 0.277 e. The number of hydrogen-bond donors (Lipinski definition) is 1. The second-order valence-electron chi connectivity index (χ2n) is 4.82. The Bertz CT molecular complexity index is 679. The van der Waals surface area contributed by atoms with Gasteiger partial charge in [0.15, 0.2) is 6.61 Å². The fraction of sp³-hybridized carbons (Fsp3) is 0.176. The summed E-state index contributed by atoms with van der Waals surface area (Å²) in [5.74, 6) is -0.113. The first-order valence-corrected chi connectivity index (χ1v) is 6.83. The summed E-state index contributed by atoms with van der Waals surface area (Å²) in [6, 6.07) is 11.9. The fourth-order valence-corrected chi connectivity index (χ4v) is 1.95. The molecule has 0 fully saturated rings. The molecule has 0 aliphatic rings. The third-order valence-corrected chi connectivity index (χ3v) is 3.05. The van der Waals surface area contributed by atoms with Gasteiger partial charge in [-0.3, -0.25) is 4.79 Å². The van der Waals surface area contributed by atoms with Crippen molar-refractivity contribution in [1.29, 1.82) is 0 Å². The highest BCUT2D eigenvalue weighted by molar-refractivity contribution is 5.83. The van der Waals surface area contributed by atoms with Crippen molar-refractivity contribution in [2.24, 2.45) is 5.10 Å². The first-order chi connectivity index (χ1) is 10.6. The van der Waals surface area contributed by atoms with Gasteiger partial charge < -0.3 is 4.74 Å². The van der Waals surface area contributed by atoms with Crippen LogP contribution in [0.5, 0.6) is 5.75 Å². The van der Waals surface area contributed by atoms with Gasteiger partial charge in [-0.15, -0.1) is 0 Å². The van der Waals surface area contributed by atoms with E-state index < -0.39 is 11.7 Å². The van der Waals surface area contributed by atoms with Crippen LogP contribution >= 0.6 is 0 Å². The molecular weight excluding hydrogens is 283 g/mol. The number of ether oxygens (including phenoxy) is 1. The molecule has 0 atom stereocenters. The third-order valence-electron chi connectivity index (χ3n) is 3.05. The SMILES string of the molecule is Cc1cccc(C)c1OCC(=O)N/N=C\c1ccccc1F. The van der Waals surface area contributed by atoms with Gasteiger partial charge in [0.05, 0.1) is 6.21 Å². The smallest absolute Gasteiger partial charge is 0.277 e. The number of hydrazone groups is 1. The number of halogens is 1. The van der Waals surface area contributed by atoms with Crippen molar-refractivity contribution in [3.05, 3.63) is 65.0 Å². The number of nitrogens with zero attached hydrogens (tertiary/aromatic N) is 1. The van der Waals surface area contributed by atoms with Crippen molar-refractivity contribution >= 4 is 12.1 Å². The molecule has 2 aromatic rings. The van der Waals surface area contributed by atoms with Crippen molar-refractivity contribution in [1.82, 2.24) is 5.43 Å². The van der Waals surface area contributed by atoms with Gasteiger partial charge >= 0.3 is 0 Å². The molecule has 0 heterocycles. The van der Waals surface area contributed by atoms with Crippen molar-refractivity contribution in [2.75, 3.05) is 6.61 Å². The molecule has 0 saturated carbocycles. The summed E-state index contributed by atoms with van der Waals surface area (Å²) in [6.07, 6.45) is 1.26. The van der Waals surface area contributed by atoms with Crippen LogP contribution in [-0.2, 0) is 4.79 Å². The normalized spacial score (nSPS) is 10.7. The van der Waals surface area contributed by atoms with Crippen molar-refractivity contribution in [3.63, 3.8) is 0 Å². The second kappa shape index (κ2) is 7.36. The van der Waals surface area contributed by atoms with Gasteiger partial charge in [-0.05, 0) is 31.0 Å². The Morgan fingerprint density at radius 1 is 1.18 bits per heavy atom. The van der Waals surface area contributed by atoms with E-state index in [-0.39, 0.29) is 6.61 Å². The quantitative estimate of drug-likeness (QED) is 0.682. The van der Waals surface area contributed by atoms with Crippen LogP contribution in [0.15, 0.2) is 47.6 Å². The van der Waals surface area contributed by atoms with Gasteiger partial charge in [-0.2, -0.15) is 5.10 Å². The number of nitrogens with one attached hydrogen (secondary N) is 1. The van der Waals surface area contributed by atoms with Gasteiger partial charge in [0, 0.05) is 5.56 Å². The largest absolute Gasteiger partial charge is 0.483 e. The second-order valence-corrected chi connectivity index (χ2v) is 4.82. The monoisotopic (exact) mass is 300 g/mol. The van der Waals surface area contributed by atoms with E-state index in [2.05, 4.69) is 10.5 Å². The van der Waals surface area contributed by atoms with Crippen LogP contribution in [0.3, 0.4) is 0 Å². The molecule has 0 aromatic heterocycles. The summed E-state index contributed by atoms with van der Waals surface area (Å²) in [7, 11) is 0. The lowest BCUT2D eigenvalue weighted by molar-refractivity contribution is -0.123. The number of rotatable bonds is 5. The topological polar surface area (TPSA) is 50.7 Å². The summed E-state index contributed by atoms with van der Waals surface area (Å²) in [5.41, 5.74) is 4.53. The zero-order chi connectivity index (χ0) is 15.9. The minimum absolute atomic E-state index is 0.152. The molecule has 4 nitrogen and oxygen atoms in total. The molecule has 1 N–H and O–H groups in total. The minimum Gasteiger partial charge on any atom is -0.483 e. The number of para-hydroxylation sites is 1. The predicted molar refractivity (Wildman–Crippen MR) is 83.5 cm³/mol. The van der Waals surface area contributed by atoms with E-state index in [1.54, 1.807) is 18.2 Å².